The van der Waals surface area contributed by atoms with E-state index in [1.165, 1.54) is 0 Å². The van der Waals surface area contributed by atoms with Gasteiger partial charge in [0.25, 0.3) is 0 Å². The topological polar surface area (TPSA) is 32.0 Å². The van der Waals surface area contributed by atoms with E-state index in [2.05, 4.69) is 5.10 Å². The van der Waals surface area contributed by atoms with Crippen molar-refractivity contribution in [2.75, 3.05) is 7.05 Å². The zero-order valence-electron chi connectivity index (χ0n) is 4.88. The number of quaternary nitrogens is 1. The molecule has 44 valence electrons. The number of amidine groups is 2. The molecule has 0 aromatic carbocycles. The molecule has 1 aliphatic heterocycles. The van der Waals surface area contributed by atoms with Crippen molar-refractivity contribution in [3.05, 3.63) is 0 Å². The molecule has 1 heterocycles. The van der Waals surface area contributed by atoms with Crippen LogP contribution >= 0.6 is 0 Å². The maximum absolute atomic E-state index is 4.79. The van der Waals surface area contributed by atoms with Gasteiger partial charge in [-0.2, -0.15) is 0 Å². The molecule has 0 saturated heterocycles. The molecular weight excluding hydrogens is 122 g/mol. The predicted octanol–water partition coefficient (Wildman–Crippen LogP) is -1.56. The minimum Gasteiger partial charge on any atom is -0.693 e. The standard InChI is InChI=1S/C4H7N3S/c1-3-5-4(8)6-7(3)2/h1-2H3,(H,6,8)/p+1. The summed E-state index contributed by atoms with van der Waals surface area (Å²) in [6.45, 7) is 1.98. The summed E-state index contributed by atoms with van der Waals surface area (Å²) in [5.41, 5.74) is 0. The van der Waals surface area contributed by atoms with E-state index in [1.54, 1.807) is 4.68 Å². The Morgan fingerprint density at radius 3 is 2.50 bits per heavy atom. The number of rotatable bonds is 0. The van der Waals surface area contributed by atoms with Gasteiger partial charge in [-0.05, 0) is 4.68 Å². The van der Waals surface area contributed by atoms with Gasteiger partial charge >= 0.3 is 5.84 Å². The Hall–Kier alpha value is -0.480. The second kappa shape index (κ2) is 1.80. The van der Waals surface area contributed by atoms with Crippen molar-refractivity contribution >= 4 is 23.6 Å². The molecule has 0 unspecified atom stereocenters. The molecule has 0 fully saturated rings. The SMILES string of the molecule is CC1=[N+](C)N=C([S-])[NH2+]1. The third-order valence-corrected chi connectivity index (χ3v) is 1.29. The van der Waals surface area contributed by atoms with Crippen LogP contribution in [0.2, 0.25) is 0 Å². The lowest BCUT2D eigenvalue weighted by molar-refractivity contribution is -0.538. The first kappa shape index (κ1) is 5.65. The van der Waals surface area contributed by atoms with E-state index in [1.807, 2.05) is 19.3 Å². The minimum atomic E-state index is 0.671. The van der Waals surface area contributed by atoms with Crippen LogP contribution in [0.5, 0.6) is 0 Å². The van der Waals surface area contributed by atoms with Gasteiger partial charge in [0.15, 0.2) is 12.2 Å². The van der Waals surface area contributed by atoms with Crippen LogP contribution in [0.15, 0.2) is 5.10 Å². The molecule has 8 heavy (non-hydrogen) atoms. The van der Waals surface area contributed by atoms with Crippen LogP contribution in [0.4, 0.5) is 0 Å². The van der Waals surface area contributed by atoms with Crippen LogP contribution in [0.25, 0.3) is 0 Å². The van der Waals surface area contributed by atoms with Gasteiger partial charge in [0.1, 0.15) is 0 Å². The number of hydrazone groups is 1. The van der Waals surface area contributed by atoms with Crippen molar-refractivity contribution in [2.24, 2.45) is 5.10 Å². The van der Waals surface area contributed by atoms with Gasteiger partial charge in [-0.3, -0.25) is 0 Å². The molecule has 1 aliphatic rings. The average Bonchev–Trinajstić information content (AvgIpc) is 1.85. The molecule has 0 saturated carbocycles. The van der Waals surface area contributed by atoms with Gasteiger partial charge in [0.05, 0.1) is 6.92 Å². The van der Waals surface area contributed by atoms with Crippen molar-refractivity contribution in [3.63, 3.8) is 0 Å². The number of hydrogen-bond acceptors (Lipinski definition) is 2. The Labute approximate surface area is 53.5 Å². The van der Waals surface area contributed by atoms with Crippen LogP contribution in [0.3, 0.4) is 0 Å². The predicted molar refractivity (Wildman–Crippen MR) is 33.6 cm³/mol. The fourth-order valence-electron chi connectivity index (χ4n) is 0.528. The highest BCUT2D eigenvalue weighted by atomic mass is 32.1. The van der Waals surface area contributed by atoms with E-state index in [4.69, 9.17) is 12.6 Å². The quantitative estimate of drug-likeness (QED) is 0.312. The third-order valence-electron chi connectivity index (χ3n) is 1.09. The monoisotopic (exact) mass is 130 g/mol. The summed E-state index contributed by atoms with van der Waals surface area (Å²) < 4.78 is 1.77. The molecule has 0 atom stereocenters. The lowest BCUT2D eigenvalue weighted by Gasteiger charge is -1.88. The highest BCUT2D eigenvalue weighted by Crippen LogP contribution is 1.75. The smallest absolute Gasteiger partial charge is 0.366 e. The summed E-state index contributed by atoms with van der Waals surface area (Å²) in [7, 11) is 1.88. The molecule has 1 rings (SSSR count). The molecule has 3 nitrogen and oxygen atoms in total. The third kappa shape index (κ3) is 0.850. The van der Waals surface area contributed by atoms with Crippen LogP contribution < -0.4 is 5.32 Å². The zero-order valence-corrected chi connectivity index (χ0v) is 5.70. The van der Waals surface area contributed by atoms with Gasteiger partial charge in [-0.25, -0.2) is 5.32 Å². The summed E-state index contributed by atoms with van der Waals surface area (Å²) in [4.78, 5) is 0. The number of hydrogen-bond donors (Lipinski definition) is 1. The summed E-state index contributed by atoms with van der Waals surface area (Å²) in [6.07, 6.45) is 0. The van der Waals surface area contributed by atoms with Crippen molar-refractivity contribution in [2.45, 2.75) is 6.92 Å². The average molecular weight is 130 g/mol. The molecule has 4 heteroatoms. The maximum Gasteiger partial charge on any atom is 0.366 e. The highest BCUT2D eigenvalue weighted by Gasteiger charge is 2.14. The van der Waals surface area contributed by atoms with Crippen LogP contribution in [-0.2, 0) is 12.6 Å². The maximum atomic E-state index is 4.79. The van der Waals surface area contributed by atoms with Gasteiger partial charge in [-0.15, -0.1) is 0 Å². The summed E-state index contributed by atoms with van der Waals surface area (Å²) in [5, 5.41) is 6.48. The molecule has 0 amide bonds. The summed E-state index contributed by atoms with van der Waals surface area (Å²) >= 11 is 4.79. The Morgan fingerprint density at radius 2 is 2.38 bits per heavy atom. The molecule has 2 N–H and O–H groups in total. The van der Waals surface area contributed by atoms with Crippen LogP contribution in [-0.4, -0.2) is 22.7 Å². The van der Waals surface area contributed by atoms with Gasteiger partial charge < -0.3 is 12.6 Å². The molecule has 0 aromatic heterocycles. The van der Waals surface area contributed by atoms with E-state index in [0.29, 0.717) is 5.17 Å². The summed E-state index contributed by atoms with van der Waals surface area (Å²) in [5.74, 6) is 1.11. The van der Waals surface area contributed by atoms with Crippen molar-refractivity contribution in [3.8, 4) is 0 Å². The van der Waals surface area contributed by atoms with Crippen LogP contribution in [0, 0.1) is 0 Å². The van der Waals surface area contributed by atoms with Crippen molar-refractivity contribution < 1.29 is 10.0 Å². The molecule has 0 spiro atoms. The largest absolute Gasteiger partial charge is 0.693 e. The van der Waals surface area contributed by atoms with Gasteiger partial charge in [0.2, 0.25) is 0 Å². The van der Waals surface area contributed by atoms with E-state index < -0.39 is 0 Å². The normalized spacial score (nSPS) is 19.5. The molecule has 0 radical (unpaired) electrons. The Kier molecular flexibility index (Phi) is 1.27. The van der Waals surface area contributed by atoms with Gasteiger partial charge in [-0.1, -0.05) is 0 Å². The first-order chi connectivity index (χ1) is 3.70. The first-order valence-corrected chi connectivity index (χ1v) is 2.78. The van der Waals surface area contributed by atoms with Crippen LogP contribution in [0.1, 0.15) is 6.92 Å². The first-order valence-electron chi connectivity index (χ1n) is 2.38. The van der Waals surface area contributed by atoms with Crippen molar-refractivity contribution in [1.82, 2.24) is 0 Å². The second-order valence-corrected chi connectivity index (χ2v) is 2.17. The highest BCUT2D eigenvalue weighted by molar-refractivity contribution is 7.76. The Morgan fingerprint density at radius 1 is 1.75 bits per heavy atom. The van der Waals surface area contributed by atoms with E-state index in [9.17, 15) is 0 Å². The fourth-order valence-corrected chi connectivity index (χ4v) is 0.821. The van der Waals surface area contributed by atoms with E-state index in [-0.39, 0.29) is 0 Å². The Balaban J connectivity index is 2.79. The molecular formula is C4H8N3S+. The molecule has 0 aromatic rings. The Bertz CT molecular complexity index is 170. The lowest BCUT2D eigenvalue weighted by atomic mass is 10.7. The number of nitrogens with zero attached hydrogens (tertiary/aromatic N) is 2. The molecule has 0 aliphatic carbocycles. The fraction of sp³-hybridized carbons (Fsp3) is 0.500. The second-order valence-electron chi connectivity index (χ2n) is 1.75. The van der Waals surface area contributed by atoms with E-state index >= 15 is 0 Å². The summed E-state index contributed by atoms with van der Waals surface area (Å²) in [6, 6.07) is 0. The minimum absolute atomic E-state index is 0.671. The van der Waals surface area contributed by atoms with E-state index in [0.717, 1.165) is 5.84 Å². The molecule has 0 bridgehead atoms. The lowest BCUT2D eigenvalue weighted by Crippen LogP contribution is -2.89. The zero-order chi connectivity index (χ0) is 6.15. The van der Waals surface area contributed by atoms with Gasteiger partial charge in [0, 0.05) is 5.10 Å². The number of nitrogens with two attached hydrogens (primary N) is 1. The van der Waals surface area contributed by atoms with Crippen molar-refractivity contribution in [1.29, 1.82) is 0 Å².